The van der Waals surface area contributed by atoms with E-state index in [1.165, 1.54) is 5.56 Å². The zero-order valence-electron chi connectivity index (χ0n) is 29.7. The van der Waals surface area contributed by atoms with Gasteiger partial charge in [0.15, 0.2) is 10.9 Å². The van der Waals surface area contributed by atoms with Crippen molar-refractivity contribution in [3.63, 3.8) is 0 Å². The quantitative estimate of drug-likeness (QED) is 0.128. The Balaban J connectivity index is 0.000000178. The first kappa shape index (κ1) is 39.6. The third kappa shape index (κ3) is 8.96. The lowest BCUT2D eigenvalue weighted by Crippen LogP contribution is -2.08. The first-order chi connectivity index (χ1) is 26.4. The number of hydrogen-bond acceptors (Lipinski definition) is 8. The van der Waals surface area contributed by atoms with Crippen LogP contribution in [0.2, 0.25) is 0 Å². The van der Waals surface area contributed by atoms with E-state index in [-0.39, 0.29) is 23.0 Å². The van der Waals surface area contributed by atoms with Crippen LogP contribution in [0.3, 0.4) is 0 Å². The number of ether oxygens (including phenoxy) is 1. The van der Waals surface area contributed by atoms with Crippen molar-refractivity contribution in [2.24, 2.45) is 0 Å². The lowest BCUT2D eigenvalue weighted by Gasteiger charge is -2.16. The summed E-state index contributed by atoms with van der Waals surface area (Å²) in [6.07, 6.45) is 1.15. The summed E-state index contributed by atoms with van der Waals surface area (Å²) in [4.78, 5) is 54.0. The first-order valence-electron chi connectivity index (χ1n) is 17.0. The van der Waals surface area contributed by atoms with Crippen molar-refractivity contribution in [1.29, 1.82) is 0 Å². The molecule has 0 amide bonds. The Kier molecular flexibility index (Phi) is 12.6. The second-order valence-electron chi connectivity index (χ2n) is 12.1. The highest BCUT2D eigenvalue weighted by Crippen LogP contribution is 2.34. The fourth-order valence-corrected chi connectivity index (χ4v) is 6.60. The summed E-state index contributed by atoms with van der Waals surface area (Å²) in [6.45, 7) is 4.34. The Morgan fingerprint density at radius 2 is 0.945 bits per heavy atom. The summed E-state index contributed by atoms with van der Waals surface area (Å²) in [5.41, 5.74) is 6.09. The van der Waals surface area contributed by atoms with Gasteiger partial charge in [-0.15, -0.1) is 0 Å². The van der Waals surface area contributed by atoms with E-state index >= 15 is 0 Å². The van der Waals surface area contributed by atoms with Gasteiger partial charge in [0.05, 0.1) is 12.2 Å². The molecule has 0 saturated carbocycles. The zero-order chi connectivity index (χ0) is 39.7. The first-order valence-corrected chi connectivity index (χ1v) is 18.4. The van der Waals surface area contributed by atoms with E-state index in [1.807, 2.05) is 122 Å². The zero-order valence-corrected chi connectivity index (χ0v) is 30.5. The Morgan fingerprint density at radius 1 is 0.564 bits per heavy atom. The molecular formula is C44H34O10S. The maximum atomic E-state index is 12.6. The molecule has 276 valence electrons. The lowest BCUT2D eigenvalue weighted by atomic mass is 9.90. The van der Waals surface area contributed by atoms with Crippen molar-refractivity contribution < 1.29 is 36.6 Å². The van der Waals surface area contributed by atoms with E-state index in [0.717, 1.165) is 61.0 Å². The molecule has 0 atom stereocenters. The molecule has 0 radical (unpaired) electrons. The van der Waals surface area contributed by atoms with Crippen LogP contribution in [0.25, 0.3) is 65.3 Å². The second kappa shape index (κ2) is 17.5. The minimum atomic E-state index is -4.67. The van der Waals surface area contributed by atoms with Crippen LogP contribution in [0.4, 0.5) is 0 Å². The summed E-state index contributed by atoms with van der Waals surface area (Å²) in [5, 5.41) is 6.45. The van der Waals surface area contributed by atoms with Crippen LogP contribution in [0.15, 0.2) is 143 Å². The Hall–Kier alpha value is -6.62. The van der Waals surface area contributed by atoms with Gasteiger partial charge in [-0.1, -0.05) is 116 Å². The number of fused-ring (bicyclic) bond motifs is 6. The highest BCUT2D eigenvalue weighted by molar-refractivity contribution is 7.79. The SMILES string of the molecule is CCOC(=O)c1cc(-c2ccccc2)c(CC)cc1-c1ccccc1.O=C=O.O=S(=O)(O)O.O=c1c2ccccc2c2cc3c(=O)c4ccccc4c3cc12. The summed E-state index contributed by atoms with van der Waals surface area (Å²) in [6, 6.07) is 43.2. The number of hydrogen-bond donors (Lipinski definition) is 2. The summed E-state index contributed by atoms with van der Waals surface area (Å²) in [7, 11) is -4.67. The van der Waals surface area contributed by atoms with Gasteiger partial charge in [-0.25, -0.2) is 4.79 Å². The second-order valence-corrected chi connectivity index (χ2v) is 13.0. The molecule has 8 aromatic carbocycles. The molecule has 0 aromatic heterocycles. The third-order valence-corrected chi connectivity index (χ3v) is 8.86. The van der Waals surface area contributed by atoms with Gasteiger partial charge in [0.2, 0.25) is 0 Å². The average Bonchev–Trinajstić information content (AvgIpc) is 3.63. The molecule has 11 heteroatoms. The van der Waals surface area contributed by atoms with E-state index in [1.54, 1.807) is 0 Å². The molecule has 0 aliphatic rings. The summed E-state index contributed by atoms with van der Waals surface area (Å²) >= 11 is 0. The van der Waals surface area contributed by atoms with Gasteiger partial charge in [0, 0.05) is 21.5 Å². The number of carbonyl (C=O) groups is 1. The van der Waals surface area contributed by atoms with E-state index in [0.29, 0.717) is 22.9 Å². The standard InChI is InChI=1S/C23H22O2.C20H10O2.CO2.H2O4S/c1-3-17-15-21(19-13-9-6-10-14-19)22(23(24)25-4-2)16-20(17)18-11-7-5-8-12-18;21-19-13-7-3-1-5-11(13)15-9-18-16(10-17(15)19)12-6-2-4-8-14(12)20(18)22;2-1-3;1-5(2,3)4/h5-16H,3-4H2,1-2H3;1-10H;;(H2,1,2,3,4). The minimum Gasteiger partial charge on any atom is -0.462 e. The van der Waals surface area contributed by atoms with Crippen molar-refractivity contribution in [3.05, 3.63) is 165 Å². The van der Waals surface area contributed by atoms with Crippen molar-refractivity contribution in [3.8, 4) is 22.3 Å². The van der Waals surface area contributed by atoms with Gasteiger partial charge in [0.25, 0.3) is 0 Å². The van der Waals surface area contributed by atoms with Crippen LogP contribution in [0.1, 0.15) is 29.8 Å². The maximum Gasteiger partial charge on any atom is 0.394 e. The molecule has 0 heterocycles. The molecular weight excluding hydrogens is 721 g/mol. The van der Waals surface area contributed by atoms with Gasteiger partial charge < -0.3 is 4.74 Å². The van der Waals surface area contributed by atoms with Crippen LogP contribution in [-0.4, -0.2) is 36.3 Å². The van der Waals surface area contributed by atoms with Crippen LogP contribution < -0.4 is 10.9 Å². The van der Waals surface area contributed by atoms with Crippen LogP contribution in [0.5, 0.6) is 0 Å². The van der Waals surface area contributed by atoms with Gasteiger partial charge in [-0.3, -0.25) is 18.7 Å². The predicted molar refractivity (Wildman–Crippen MR) is 213 cm³/mol. The molecule has 0 bridgehead atoms. The molecule has 0 spiro atoms. The Morgan fingerprint density at radius 3 is 1.35 bits per heavy atom. The lowest BCUT2D eigenvalue weighted by molar-refractivity contribution is -0.191. The number of rotatable bonds is 5. The molecule has 0 aliphatic carbocycles. The van der Waals surface area contributed by atoms with Gasteiger partial charge in [-0.05, 0) is 87.0 Å². The van der Waals surface area contributed by atoms with Crippen molar-refractivity contribution in [2.75, 3.05) is 6.61 Å². The number of benzene rings is 6. The molecule has 0 saturated heterocycles. The highest BCUT2D eigenvalue weighted by Gasteiger charge is 2.19. The highest BCUT2D eigenvalue weighted by atomic mass is 32.3. The average molecular weight is 755 g/mol. The fraction of sp³-hybridized carbons (Fsp3) is 0.0909. The van der Waals surface area contributed by atoms with E-state index in [9.17, 15) is 14.4 Å². The van der Waals surface area contributed by atoms with Crippen molar-refractivity contribution >= 4 is 65.6 Å². The Labute approximate surface area is 315 Å². The van der Waals surface area contributed by atoms with Gasteiger partial charge >= 0.3 is 22.5 Å². The van der Waals surface area contributed by atoms with Crippen LogP contribution in [-0.2, 0) is 31.1 Å². The summed E-state index contributed by atoms with van der Waals surface area (Å²) in [5.74, 6) is -0.277. The Bertz CT molecular complexity index is 2760. The fourth-order valence-electron chi connectivity index (χ4n) is 6.60. The van der Waals surface area contributed by atoms with Gasteiger partial charge in [-0.2, -0.15) is 18.0 Å². The molecule has 2 N–H and O–H groups in total. The molecule has 0 unspecified atom stereocenters. The van der Waals surface area contributed by atoms with E-state index in [4.69, 9.17) is 31.8 Å². The van der Waals surface area contributed by atoms with Crippen LogP contribution >= 0.6 is 0 Å². The normalized spacial score (nSPS) is 10.8. The number of aryl methyl sites for hydroxylation is 1. The largest absolute Gasteiger partial charge is 0.462 e. The molecule has 0 aliphatic heterocycles. The third-order valence-electron chi connectivity index (χ3n) is 8.86. The molecule has 10 nitrogen and oxygen atoms in total. The van der Waals surface area contributed by atoms with Gasteiger partial charge in [0.1, 0.15) is 0 Å². The molecule has 55 heavy (non-hydrogen) atoms. The van der Waals surface area contributed by atoms with Crippen molar-refractivity contribution in [1.82, 2.24) is 0 Å². The van der Waals surface area contributed by atoms with E-state index in [2.05, 4.69) is 25.1 Å². The molecule has 8 rings (SSSR count). The summed E-state index contributed by atoms with van der Waals surface area (Å²) < 4.78 is 36.9. The molecule has 8 aromatic rings. The smallest absolute Gasteiger partial charge is 0.394 e. The number of carbonyl (C=O) groups excluding carboxylic acids is 3. The monoisotopic (exact) mass is 754 g/mol. The van der Waals surface area contributed by atoms with E-state index < -0.39 is 10.4 Å². The van der Waals surface area contributed by atoms with Crippen LogP contribution in [0, 0.1) is 0 Å². The molecule has 0 fully saturated rings. The van der Waals surface area contributed by atoms with Crippen molar-refractivity contribution in [2.45, 2.75) is 20.3 Å². The number of esters is 1. The minimum absolute atomic E-state index is 0.0465. The maximum absolute atomic E-state index is 12.6. The topological polar surface area (TPSA) is 169 Å². The predicted octanol–water partition coefficient (Wildman–Crippen LogP) is 8.42.